The molecule has 0 radical (unpaired) electrons. The zero-order valence-electron chi connectivity index (χ0n) is 11.6. The van der Waals surface area contributed by atoms with Crippen LogP contribution in [-0.4, -0.2) is 28.4 Å². The molecule has 0 saturated carbocycles. The van der Waals surface area contributed by atoms with Crippen molar-refractivity contribution in [2.75, 3.05) is 23.7 Å². The molecule has 5 N–H and O–H groups in total. The number of hydrogen-bond acceptors (Lipinski definition) is 5. The summed E-state index contributed by atoms with van der Waals surface area (Å²) in [5, 5.41) is 33.8. The molecule has 0 unspecified atom stereocenters. The van der Waals surface area contributed by atoms with Gasteiger partial charge in [-0.3, -0.25) is 0 Å². The van der Waals surface area contributed by atoms with Crippen LogP contribution in [0, 0.1) is 0 Å². The lowest BCUT2D eigenvalue weighted by Gasteiger charge is -2.01. The maximum Gasteiger partial charge on any atom is 0.159 e. The van der Waals surface area contributed by atoms with E-state index in [1.807, 2.05) is 12.1 Å². The fourth-order valence-corrected chi connectivity index (χ4v) is 2.65. The summed E-state index contributed by atoms with van der Waals surface area (Å²) in [6, 6.07) is 8.72. The number of benzene rings is 2. The smallest absolute Gasteiger partial charge is 0.159 e. The third-order valence-electron chi connectivity index (χ3n) is 3.75. The van der Waals surface area contributed by atoms with Gasteiger partial charge in [-0.25, -0.2) is 0 Å². The van der Waals surface area contributed by atoms with Crippen molar-refractivity contribution in [2.24, 2.45) is 0 Å². The molecule has 2 aliphatic rings. The summed E-state index contributed by atoms with van der Waals surface area (Å²) >= 11 is 0. The first kappa shape index (κ1) is 13.4. The van der Waals surface area contributed by atoms with Crippen molar-refractivity contribution in [3.63, 3.8) is 0 Å². The number of nitrogens with one attached hydrogen (secondary N) is 2. The van der Waals surface area contributed by atoms with Gasteiger partial charge in [-0.2, -0.15) is 0 Å². The van der Waals surface area contributed by atoms with Gasteiger partial charge >= 0.3 is 0 Å². The molecular weight excluding hydrogens is 268 g/mol. The van der Waals surface area contributed by atoms with Gasteiger partial charge < -0.3 is 26.0 Å². The maximum atomic E-state index is 9.29. The first-order chi connectivity index (χ1) is 10.1. The molecule has 4 rings (SSSR count). The molecule has 0 amide bonds. The van der Waals surface area contributed by atoms with Gasteiger partial charge in [0.2, 0.25) is 0 Å². The highest BCUT2D eigenvalue weighted by Crippen LogP contribution is 2.33. The predicted octanol–water partition coefficient (Wildman–Crippen LogP) is 2.43. The molecule has 0 bridgehead atoms. The number of fused-ring (bicyclic) bond motifs is 2. The monoisotopic (exact) mass is 286 g/mol. The number of anilines is 2. The second-order valence-corrected chi connectivity index (χ2v) is 5.15. The zero-order chi connectivity index (χ0) is 14.8. The second kappa shape index (κ2) is 5.44. The van der Waals surface area contributed by atoms with Crippen LogP contribution in [0.15, 0.2) is 30.3 Å². The van der Waals surface area contributed by atoms with Crippen LogP contribution < -0.4 is 10.6 Å². The molecule has 5 nitrogen and oxygen atoms in total. The molecule has 0 atom stereocenters. The number of hydrogen-bond donors (Lipinski definition) is 5. The van der Waals surface area contributed by atoms with Crippen molar-refractivity contribution in [3.8, 4) is 17.2 Å². The highest BCUT2D eigenvalue weighted by molar-refractivity contribution is 5.62. The molecule has 21 heavy (non-hydrogen) atoms. The highest BCUT2D eigenvalue weighted by atomic mass is 16.3. The third kappa shape index (κ3) is 2.67. The van der Waals surface area contributed by atoms with Crippen LogP contribution in [-0.2, 0) is 12.8 Å². The third-order valence-corrected chi connectivity index (χ3v) is 3.75. The van der Waals surface area contributed by atoms with E-state index in [-0.39, 0.29) is 11.5 Å². The van der Waals surface area contributed by atoms with E-state index in [1.165, 1.54) is 0 Å². The van der Waals surface area contributed by atoms with Crippen molar-refractivity contribution in [2.45, 2.75) is 12.8 Å². The van der Waals surface area contributed by atoms with Crippen molar-refractivity contribution in [3.05, 3.63) is 41.5 Å². The van der Waals surface area contributed by atoms with E-state index in [0.29, 0.717) is 5.75 Å². The molecular formula is C16H18N2O3. The van der Waals surface area contributed by atoms with E-state index >= 15 is 0 Å². The van der Waals surface area contributed by atoms with Gasteiger partial charge in [0.15, 0.2) is 11.5 Å². The second-order valence-electron chi connectivity index (χ2n) is 5.15. The summed E-state index contributed by atoms with van der Waals surface area (Å²) < 4.78 is 0. The number of rotatable bonds is 0. The molecule has 0 fully saturated rings. The van der Waals surface area contributed by atoms with Gasteiger partial charge in [0.1, 0.15) is 5.75 Å². The van der Waals surface area contributed by atoms with Crippen molar-refractivity contribution in [1.29, 1.82) is 0 Å². The van der Waals surface area contributed by atoms with Gasteiger partial charge in [0, 0.05) is 36.1 Å². The Morgan fingerprint density at radius 2 is 1.48 bits per heavy atom. The first-order valence-electron chi connectivity index (χ1n) is 6.98. The summed E-state index contributed by atoms with van der Waals surface area (Å²) in [6.07, 6.45) is 1.87. The first-order valence-corrected chi connectivity index (χ1v) is 6.98. The summed E-state index contributed by atoms with van der Waals surface area (Å²) in [7, 11) is 0. The van der Waals surface area contributed by atoms with Crippen LogP contribution in [0.4, 0.5) is 11.4 Å². The van der Waals surface area contributed by atoms with E-state index in [0.717, 1.165) is 48.4 Å². The lowest BCUT2D eigenvalue weighted by Crippen LogP contribution is -1.90. The molecule has 0 aromatic heterocycles. The van der Waals surface area contributed by atoms with E-state index in [4.69, 9.17) is 10.2 Å². The average molecular weight is 286 g/mol. The van der Waals surface area contributed by atoms with E-state index in [2.05, 4.69) is 10.6 Å². The Balaban J connectivity index is 0.000000126. The van der Waals surface area contributed by atoms with Crippen LogP contribution in [0.5, 0.6) is 17.2 Å². The standard InChI is InChI=1S/C8H9NO2.C8H9NO/c10-7-3-5-1-2-9-6(5)4-8(7)11;10-8-3-1-2-7-6(8)4-5-9-7/h3-4,9-11H,1-2H2;1-3,9-10H,4-5H2. The van der Waals surface area contributed by atoms with Gasteiger partial charge in [0.05, 0.1) is 0 Å². The van der Waals surface area contributed by atoms with Crippen molar-refractivity contribution >= 4 is 11.4 Å². The quantitative estimate of drug-likeness (QED) is 0.379. The largest absolute Gasteiger partial charge is 0.508 e. The van der Waals surface area contributed by atoms with Crippen LogP contribution in [0.2, 0.25) is 0 Å². The van der Waals surface area contributed by atoms with Crippen LogP contribution in [0.25, 0.3) is 0 Å². The van der Waals surface area contributed by atoms with Crippen molar-refractivity contribution in [1.82, 2.24) is 0 Å². The fraction of sp³-hybridized carbons (Fsp3) is 0.250. The molecule has 2 aromatic carbocycles. The Morgan fingerprint density at radius 3 is 2.29 bits per heavy atom. The summed E-state index contributed by atoms with van der Waals surface area (Å²) in [6.45, 7) is 1.84. The molecule has 0 spiro atoms. The van der Waals surface area contributed by atoms with Crippen molar-refractivity contribution < 1.29 is 15.3 Å². The van der Waals surface area contributed by atoms with Crippen LogP contribution in [0.1, 0.15) is 11.1 Å². The summed E-state index contributed by atoms with van der Waals surface area (Å²) in [5.41, 5.74) is 4.14. The average Bonchev–Trinajstić information content (AvgIpc) is 3.09. The Morgan fingerprint density at radius 1 is 0.762 bits per heavy atom. The Labute approximate surface area is 122 Å². The molecule has 0 aliphatic carbocycles. The molecule has 5 heteroatoms. The Kier molecular flexibility index (Phi) is 3.48. The molecule has 2 aliphatic heterocycles. The molecule has 0 saturated heterocycles. The highest BCUT2D eigenvalue weighted by Gasteiger charge is 2.13. The van der Waals surface area contributed by atoms with Gasteiger partial charge in [-0.15, -0.1) is 0 Å². The van der Waals surface area contributed by atoms with E-state index in [1.54, 1.807) is 18.2 Å². The summed E-state index contributed by atoms with van der Waals surface area (Å²) in [5.74, 6) is 0.327. The molecule has 2 aromatic rings. The number of phenols is 3. The Bertz CT molecular complexity index is 642. The Hall–Kier alpha value is -2.56. The predicted molar refractivity (Wildman–Crippen MR) is 82.3 cm³/mol. The minimum atomic E-state index is -0.0573. The fourth-order valence-electron chi connectivity index (χ4n) is 2.65. The van der Waals surface area contributed by atoms with Gasteiger partial charge in [-0.05, 0) is 36.6 Å². The topological polar surface area (TPSA) is 84.8 Å². The maximum absolute atomic E-state index is 9.29. The van der Waals surface area contributed by atoms with Gasteiger partial charge in [-0.1, -0.05) is 6.07 Å². The van der Waals surface area contributed by atoms with Crippen LogP contribution in [0.3, 0.4) is 0 Å². The lowest BCUT2D eigenvalue weighted by molar-refractivity contribution is 0.403. The van der Waals surface area contributed by atoms with E-state index in [9.17, 15) is 5.11 Å². The van der Waals surface area contributed by atoms with Crippen LogP contribution >= 0.6 is 0 Å². The number of aromatic hydroxyl groups is 3. The summed E-state index contributed by atoms with van der Waals surface area (Å²) in [4.78, 5) is 0. The SMILES string of the molecule is Oc1cc2c(cc1O)NCC2.Oc1cccc2c1CCN2. The van der Waals surface area contributed by atoms with E-state index < -0.39 is 0 Å². The number of phenolic OH excluding ortho intramolecular Hbond substituents is 3. The minimum absolute atomic E-state index is 0.0348. The zero-order valence-corrected chi connectivity index (χ0v) is 11.6. The molecule has 2 heterocycles. The van der Waals surface area contributed by atoms with Gasteiger partial charge in [0.25, 0.3) is 0 Å². The molecule has 110 valence electrons. The minimum Gasteiger partial charge on any atom is -0.508 e. The lowest BCUT2D eigenvalue weighted by atomic mass is 10.1. The normalized spacial score (nSPS) is 14.3.